The summed E-state index contributed by atoms with van der Waals surface area (Å²) >= 11 is 0. The Bertz CT molecular complexity index is 286. The maximum absolute atomic E-state index is 12.6. The molecule has 1 fully saturated rings. The van der Waals surface area contributed by atoms with Crippen LogP contribution in [0.3, 0.4) is 0 Å². The number of alkyl halides is 3. The molecule has 1 amide bonds. The van der Waals surface area contributed by atoms with Crippen LogP contribution in [0, 0.1) is 5.92 Å². The lowest BCUT2D eigenvalue weighted by Crippen LogP contribution is -2.47. The molecule has 0 spiro atoms. The van der Waals surface area contributed by atoms with Gasteiger partial charge in [-0.2, -0.15) is 13.2 Å². The van der Waals surface area contributed by atoms with E-state index in [0.717, 1.165) is 0 Å². The minimum atomic E-state index is -4.32. The molecule has 17 heavy (non-hydrogen) atoms. The molecule has 7 heteroatoms. The number of halogens is 3. The van der Waals surface area contributed by atoms with Gasteiger partial charge in [-0.3, -0.25) is 0 Å². The fraction of sp³-hybridized carbons (Fsp3) is 0.900. The van der Waals surface area contributed by atoms with E-state index in [-0.39, 0.29) is 13.1 Å². The Morgan fingerprint density at radius 2 is 1.88 bits per heavy atom. The molecular weight excluding hydrogens is 237 g/mol. The number of amides is 1. The predicted octanol–water partition coefficient (Wildman–Crippen LogP) is 1.66. The van der Waals surface area contributed by atoms with Gasteiger partial charge in [0.25, 0.3) is 0 Å². The Kier molecular flexibility index (Phi) is 3.91. The second kappa shape index (κ2) is 4.72. The van der Waals surface area contributed by atoms with Crippen LogP contribution in [-0.2, 0) is 4.74 Å². The molecule has 0 bridgehead atoms. The number of hydrogen-bond donors (Lipinski definition) is 2. The number of carbonyl (C=O) groups is 1. The number of nitrogens with one attached hydrogen (secondary N) is 2. The number of alkyl carbamates (subject to hydrolysis) is 1. The average Bonchev–Trinajstić information content (AvgIpc) is 2.46. The summed E-state index contributed by atoms with van der Waals surface area (Å²) in [5, 5.41) is 4.86. The van der Waals surface area contributed by atoms with Crippen molar-refractivity contribution in [1.82, 2.24) is 10.6 Å². The summed E-state index contributed by atoms with van der Waals surface area (Å²) in [6.07, 6.45) is -5.14. The minimum Gasteiger partial charge on any atom is -0.444 e. The smallest absolute Gasteiger partial charge is 0.407 e. The van der Waals surface area contributed by atoms with Gasteiger partial charge in [0, 0.05) is 13.1 Å². The van der Waals surface area contributed by atoms with E-state index in [0.29, 0.717) is 0 Å². The van der Waals surface area contributed by atoms with E-state index in [4.69, 9.17) is 4.74 Å². The van der Waals surface area contributed by atoms with Gasteiger partial charge in [0.05, 0.1) is 12.0 Å². The fourth-order valence-electron chi connectivity index (χ4n) is 1.63. The van der Waals surface area contributed by atoms with Crippen LogP contribution in [0.15, 0.2) is 0 Å². The standard InChI is InChI=1S/C10H17F3N2O2/c1-9(2,3)17-8(16)15-7-5-14-4-6(7)10(11,12)13/h6-7,14H,4-5H2,1-3H3,(H,15,16)/t6-,7+/m1/s1. The van der Waals surface area contributed by atoms with Gasteiger partial charge < -0.3 is 15.4 Å². The summed E-state index contributed by atoms with van der Waals surface area (Å²) in [6.45, 7) is 4.88. The van der Waals surface area contributed by atoms with Gasteiger partial charge in [-0.1, -0.05) is 0 Å². The van der Waals surface area contributed by atoms with Gasteiger partial charge >= 0.3 is 12.3 Å². The molecule has 2 atom stereocenters. The lowest BCUT2D eigenvalue weighted by Gasteiger charge is -2.25. The van der Waals surface area contributed by atoms with Gasteiger partial charge in [-0.25, -0.2) is 4.79 Å². The average molecular weight is 254 g/mol. The number of carbonyl (C=O) groups excluding carboxylic acids is 1. The monoisotopic (exact) mass is 254 g/mol. The number of rotatable bonds is 1. The fourth-order valence-corrected chi connectivity index (χ4v) is 1.63. The van der Waals surface area contributed by atoms with Crippen molar-refractivity contribution < 1.29 is 22.7 Å². The van der Waals surface area contributed by atoms with E-state index in [1.165, 1.54) is 0 Å². The zero-order chi connectivity index (χ0) is 13.3. The third kappa shape index (κ3) is 4.41. The highest BCUT2D eigenvalue weighted by atomic mass is 19.4. The highest BCUT2D eigenvalue weighted by Gasteiger charge is 2.47. The van der Waals surface area contributed by atoms with E-state index in [1.54, 1.807) is 20.8 Å². The van der Waals surface area contributed by atoms with Crippen molar-refractivity contribution in [1.29, 1.82) is 0 Å². The van der Waals surface area contributed by atoms with Crippen molar-refractivity contribution in [3.8, 4) is 0 Å². The van der Waals surface area contributed by atoms with Crippen LogP contribution in [-0.4, -0.2) is 37.0 Å². The zero-order valence-electron chi connectivity index (χ0n) is 10.0. The molecule has 0 unspecified atom stereocenters. The SMILES string of the molecule is CC(C)(C)OC(=O)N[C@H]1CNC[C@H]1C(F)(F)F. The van der Waals surface area contributed by atoms with Crippen LogP contribution in [0.2, 0.25) is 0 Å². The van der Waals surface area contributed by atoms with E-state index >= 15 is 0 Å². The quantitative estimate of drug-likeness (QED) is 0.748. The molecule has 1 saturated heterocycles. The summed E-state index contributed by atoms with van der Waals surface area (Å²) in [6, 6.07) is -0.968. The molecule has 0 radical (unpaired) electrons. The Morgan fingerprint density at radius 1 is 1.29 bits per heavy atom. The lowest BCUT2D eigenvalue weighted by molar-refractivity contribution is -0.173. The van der Waals surface area contributed by atoms with Crippen LogP contribution in [0.5, 0.6) is 0 Å². The highest BCUT2D eigenvalue weighted by molar-refractivity contribution is 5.68. The lowest BCUT2D eigenvalue weighted by atomic mass is 10.0. The largest absolute Gasteiger partial charge is 0.444 e. The van der Waals surface area contributed by atoms with Crippen molar-refractivity contribution >= 4 is 6.09 Å². The third-order valence-electron chi connectivity index (χ3n) is 2.34. The molecule has 1 rings (SSSR count). The minimum absolute atomic E-state index is 0.101. The topological polar surface area (TPSA) is 50.4 Å². The van der Waals surface area contributed by atoms with Gasteiger partial charge in [-0.05, 0) is 20.8 Å². The molecule has 0 aromatic rings. The molecule has 100 valence electrons. The first kappa shape index (κ1) is 14.1. The summed E-state index contributed by atoms with van der Waals surface area (Å²) < 4.78 is 42.6. The molecule has 0 saturated carbocycles. The molecule has 0 aromatic heterocycles. The van der Waals surface area contributed by atoms with Gasteiger partial charge in [0.15, 0.2) is 0 Å². The number of ether oxygens (including phenoxy) is 1. The predicted molar refractivity (Wildman–Crippen MR) is 55.6 cm³/mol. The second-order valence-corrected chi connectivity index (χ2v) is 5.06. The first-order valence-electron chi connectivity index (χ1n) is 5.36. The van der Waals surface area contributed by atoms with Crippen LogP contribution in [0.4, 0.5) is 18.0 Å². The molecule has 2 N–H and O–H groups in total. The van der Waals surface area contributed by atoms with E-state index in [9.17, 15) is 18.0 Å². The molecule has 0 aliphatic carbocycles. The first-order valence-corrected chi connectivity index (χ1v) is 5.36. The first-order chi connectivity index (χ1) is 7.59. The van der Waals surface area contributed by atoms with Crippen molar-refractivity contribution in [2.45, 2.75) is 38.6 Å². The molecular formula is C10H17F3N2O2. The van der Waals surface area contributed by atoms with E-state index in [2.05, 4.69) is 10.6 Å². The molecule has 4 nitrogen and oxygen atoms in total. The zero-order valence-corrected chi connectivity index (χ0v) is 10.0. The normalized spacial score (nSPS) is 25.8. The molecule has 0 aromatic carbocycles. The van der Waals surface area contributed by atoms with Crippen molar-refractivity contribution in [2.75, 3.05) is 13.1 Å². The van der Waals surface area contributed by atoms with Crippen molar-refractivity contribution in [3.05, 3.63) is 0 Å². The van der Waals surface area contributed by atoms with Crippen molar-refractivity contribution in [3.63, 3.8) is 0 Å². The second-order valence-electron chi connectivity index (χ2n) is 5.06. The Morgan fingerprint density at radius 3 is 2.35 bits per heavy atom. The third-order valence-corrected chi connectivity index (χ3v) is 2.34. The summed E-state index contributed by atoms with van der Waals surface area (Å²) in [4.78, 5) is 11.4. The van der Waals surface area contributed by atoms with Gasteiger partial charge in [0.1, 0.15) is 5.60 Å². The summed E-state index contributed by atoms with van der Waals surface area (Å²) in [5.74, 6) is -1.56. The van der Waals surface area contributed by atoms with Crippen LogP contribution in [0.25, 0.3) is 0 Å². The van der Waals surface area contributed by atoms with E-state index in [1.807, 2.05) is 0 Å². The highest BCUT2D eigenvalue weighted by Crippen LogP contribution is 2.30. The Labute approximate surface area is 97.9 Å². The Balaban J connectivity index is 2.54. The van der Waals surface area contributed by atoms with Crippen LogP contribution >= 0.6 is 0 Å². The van der Waals surface area contributed by atoms with Gasteiger partial charge in [0.2, 0.25) is 0 Å². The van der Waals surface area contributed by atoms with Crippen LogP contribution < -0.4 is 10.6 Å². The summed E-state index contributed by atoms with van der Waals surface area (Å²) in [7, 11) is 0. The molecule has 1 aliphatic heterocycles. The molecule has 1 aliphatic rings. The molecule has 1 heterocycles. The maximum Gasteiger partial charge on any atom is 0.407 e. The maximum atomic E-state index is 12.6. The summed E-state index contributed by atoms with van der Waals surface area (Å²) in [5.41, 5.74) is -0.718. The van der Waals surface area contributed by atoms with Crippen LogP contribution in [0.1, 0.15) is 20.8 Å². The van der Waals surface area contributed by atoms with Crippen molar-refractivity contribution in [2.24, 2.45) is 5.92 Å². The number of hydrogen-bond acceptors (Lipinski definition) is 3. The van der Waals surface area contributed by atoms with E-state index < -0.39 is 29.8 Å². The van der Waals surface area contributed by atoms with Gasteiger partial charge in [-0.15, -0.1) is 0 Å². The Hall–Kier alpha value is -0.980.